The fourth-order valence-electron chi connectivity index (χ4n) is 5.73. The van der Waals surface area contributed by atoms with E-state index in [0.29, 0.717) is 10.0 Å². The van der Waals surface area contributed by atoms with Gasteiger partial charge in [-0.2, -0.15) is 0 Å². The number of likely N-dealkylation sites (tertiary alicyclic amines) is 2. The molecule has 1 N–H and O–H groups in total. The summed E-state index contributed by atoms with van der Waals surface area (Å²) in [6, 6.07) is 16.1. The number of carbonyl (C=O) groups excluding carboxylic acids is 1. The second kappa shape index (κ2) is 10.8. The normalized spacial score (nSPS) is 23.3. The summed E-state index contributed by atoms with van der Waals surface area (Å²) >= 11 is 12.6. The summed E-state index contributed by atoms with van der Waals surface area (Å²) in [4.78, 5) is 18.0. The van der Waals surface area contributed by atoms with Gasteiger partial charge in [-0.25, -0.2) is 0 Å². The van der Waals surface area contributed by atoms with Crippen molar-refractivity contribution >= 4 is 29.1 Å². The van der Waals surface area contributed by atoms with Gasteiger partial charge in [0.1, 0.15) is 0 Å². The van der Waals surface area contributed by atoms with Crippen molar-refractivity contribution in [3.63, 3.8) is 0 Å². The van der Waals surface area contributed by atoms with E-state index in [1.165, 1.54) is 0 Å². The molecule has 0 aliphatic carbocycles. The third kappa shape index (κ3) is 6.05. The zero-order valence-corrected chi connectivity index (χ0v) is 22.7. The fraction of sp³-hybridized carbons (Fsp3) is 0.552. The summed E-state index contributed by atoms with van der Waals surface area (Å²) in [6.07, 6.45) is 4.36. The Bertz CT molecular complexity index is 1010. The van der Waals surface area contributed by atoms with Crippen molar-refractivity contribution in [1.29, 1.82) is 0 Å². The highest BCUT2D eigenvalue weighted by molar-refractivity contribution is 6.42. The minimum atomic E-state index is -0.751. The average Bonchev–Trinajstić information content (AvgIpc) is 2.85. The highest BCUT2D eigenvalue weighted by Gasteiger charge is 2.40. The van der Waals surface area contributed by atoms with Crippen LogP contribution in [0.1, 0.15) is 69.9 Å². The molecule has 0 aromatic heterocycles. The second-order valence-corrected chi connectivity index (χ2v) is 12.1. The van der Waals surface area contributed by atoms with E-state index in [0.717, 1.165) is 69.4 Å². The lowest BCUT2D eigenvalue weighted by molar-refractivity contribution is -0.144. The smallest absolute Gasteiger partial charge is 0.228 e. The second-order valence-electron chi connectivity index (χ2n) is 11.3. The maximum absolute atomic E-state index is 13.5. The number of hydrogen-bond donors (Lipinski definition) is 1. The van der Waals surface area contributed by atoms with E-state index in [1.54, 1.807) is 0 Å². The number of piperidine rings is 2. The Kier molecular flexibility index (Phi) is 8.17. The summed E-state index contributed by atoms with van der Waals surface area (Å²) in [5, 5.41) is 12.3. The Morgan fingerprint density at radius 2 is 1.71 bits per heavy atom. The highest BCUT2D eigenvalue weighted by Crippen LogP contribution is 2.39. The van der Waals surface area contributed by atoms with Gasteiger partial charge in [0.2, 0.25) is 5.91 Å². The molecule has 1 amide bonds. The molecule has 2 heterocycles. The van der Waals surface area contributed by atoms with Crippen molar-refractivity contribution < 1.29 is 9.90 Å². The van der Waals surface area contributed by atoms with Crippen LogP contribution in [0, 0.1) is 5.41 Å². The zero-order chi connectivity index (χ0) is 25.2. The van der Waals surface area contributed by atoms with Crippen LogP contribution in [-0.4, -0.2) is 53.0 Å². The molecule has 2 aromatic rings. The van der Waals surface area contributed by atoms with Gasteiger partial charge in [-0.05, 0) is 55.4 Å². The number of benzene rings is 2. The fourth-order valence-corrected chi connectivity index (χ4v) is 6.03. The Hall–Kier alpha value is -1.59. The van der Waals surface area contributed by atoms with Gasteiger partial charge in [0, 0.05) is 43.6 Å². The molecule has 0 spiro atoms. The van der Waals surface area contributed by atoms with E-state index in [2.05, 4.69) is 15.9 Å². The summed E-state index contributed by atoms with van der Waals surface area (Å²) in [5.41, 5.74) is 0.996. The number of carbonyl (C=O) groups is 1. The van der Waals surface area contributed by atoms with Gasteiger partial charge in [0.25, 0.3) is 0 Å². The van der Waals surface area contributed by atoms with E-state index >= 15 is 0 Å². The van der Waals surface area contributed by atoms with E-state index < -0.39 is 11.0 Å². The molecule has 0 radical (unpaired) electrons. The third-order valence-corrected chi connectivity index (χ3v) is 8.53. The van der Waals surface area contributed by atoms with Gasteiger partial charge in [-0.15, -0.1) is 0 Å². The van der Waals surface area contributed by atoms with Crippen molar-refractivity contribution in [3.05, 3.63) is 69.7 Å². The predicted molar refractivity (Wildman–Crippen MR) is 144 cm³/mol. The predicted octanol–water partition coefficient (Wildman–Crippen LogP) is 6.49. The molecule has 2 unspecified atom stereocenters. The van der Waals surface area contributed by atoms with Gasteiger partial charge in [0.05, 0.1) is 15.6 Å². The first-order valence-corrected chi connectivity index (χ1v) is 13.6. The minimum absolute atomic E-state index is 0.114. The minimum Gasteiger partial charge on any atom is -0.385 e. The standard InChI is InChI=1S/C29H38Cl2N2O2/c1-28(2,3)27(34)33-16-7-10-23(21-11-12-24(30)25(31)20-21)26(33)13-17-32-18-14-29(35,15-19-32)22-8-5-4-6-9-22/h4-6,8-9,11-12,20,23,26,35H,7,10,13-19H2,1-3H3. The largest absolute Gasteiger partial charge is 0.385 e. The first kappa shape index (κ1) is 26.5. The number of rotatable bonds is 5. The van der Waals surface area contributed by atoms with Crippen LogP contribution in [-0.2, 0) is 10.4 Å². The summed E-state index contributed by atoms with van der Waals surface area (Å²) in [6.45, 7) is 9.41. The molecule has 2 atom stereocenters. The lowest BCUT2D eigenvalue weighted by atomic mass is 9.80. The third-order valence-electron chi connectivity index (χ3n) is 7.79. The Balaban J connectivity index is 1.49. The number of aliphatic hydroxyl groups is 1. The van der Waals surface area contributed by atoms with Crippen LogP contribution < -0.4 is 0 Å². The van der Waals surface area contributed by atoms with Crippen LogP contribution in [0.15, 0.2) is 48.5 Å². The quantitative estimate of drug-likeness (QED) is 0.493. The van der Waals surface area contributed by atoms with Gasteiger partial charge in [-0.1, -0.05) is 80.4 Å². The number of halogens is 2. The Morgan fingerprint density at radius 1 is 1.03 bits per heavy atom. The first-order chi connectivity index (χ1) is 16.6. The van der Waals surface area contributed by atoms with E-state index in [-0.39, 0.29) is 17.9 Å². The maximum atomic E-state index is 13.5. The van der Waals surface area contributed by atoms with Crippen LogP contribution in [0.25, 0.3) is 0 Å². The van der Waals surface area contributed by atoms with Crippen molar-refractivity contribution in [1.82, 2.24) is 9.80 Å². The Labute approximate surface area is 220 Å². The van der Waals surface area contributed by atoms with Crippen molar-refractivity contribution in [3.8, 4) is 0 Å². The van der Waals surface area contributed by atoms with E-state index in [9.17, 15) is 9.90 Å². The molecule has 0 saturated carbocycles. The number of nitrogens with zero attached hydrogens (tertiary/aromatic N) is 2. The molecule has 2 aromatic carbocycles. The van der Waals surface area contributed by atoms with Gasteiger partial charge < -0.3 is 14.9 Å². The lowest BCUT2D eigenvalue weighted by Crippen LogP contribution is -2.52. The number of amides is 1. The van der Waals surface area contributed by atoms with E-state index in [1.807, 2.05) is 63.2 Å². The van der Waals surface area contributed by atoms with Crippen LogP contribution in [0.5, 0.6) is 0 Å². The van der Waals surface area contributed by atoms with Crippen molar-refractivity contribution in [2.24, 2.45) is 5.41 Å². The molecule has 2 aliphatic rings. The monoisotopic (exact) mass is 516 g/mol. The van der Waals surface area contributed by atoms with Crippen LogP contribution in [0.4, 0.5) is 0 Å². The molecule has 6 heteroatoms. The Morgan fingerprint density at radius 3 is 2.34 bits per heavy atom. The average molecular weight is 518 g/mol. The lowest BCUT2D eigenvalue weighted by Gasteiger charge is -2.45. The van der Waals surface area contributed by atoms with Gasteiger partial charge in [-0.3, -0.25) is 4.79 Å². The summed E-state index contributed by atoms with van der Waals surface area (Å²) in [7, 11) is 0. The molecular weight excluding hydrogens is 479 g/mol. The van der Waals surface area contributed by atoms with Crippen molar-refractivity contribution in [2.45, 2.75) is 70.4 Å². The molecule has 190 valence electrons. The molecule has 2 fully saturated rings. The molecule has 0 bridgehead atoms. The van der Waals surface area contributed by atoms with Crippen LogP contribution in [0.3, 0.4) is 0 Å². The van der Waals surface area contributed by atoms with Crippen LogP contribution in [0.2, 0.25) is 10.0 Å². The summed E-state index contributed by atoms with van der Waals surface area (Å²) < 4.78 is 0. The van der Waals surface area contributed by atoms with Gasteiger partial charge in [0.15, 0.2) is 0 Å². The molecule has 2 saturated heterocycles. The maximum Gasteiger partial charge on any atom is 0.228 e. The zero-order valence-electron chi connectivity index (χ0n) is 21.1. The molecule has 2 aliphatic heterocycles. The first-order valence-electron chi connectivity index (χ1n) is 12.8. The van der Waals surface area contributed by atoms with Crippen molar-refractivity contribution in [2.75, 3.05) is 26.2 Å². The van der Waals surface area contributed by atoms with Gasteiger partial charge >= 0.3 is 0 Å². The molecular formula is C29H38Cl2N2O2. The molecule has 35 heavy (non-hydrogen) atoms. The highest BCUT2D eigenvalue weighted by atomic mass is 35.5. The molecule has 4 nitrogen and oxygen atoms in total. The SMILES string of the molecule is CC(C)(C)C(=O)N1CCCC(c2ccc(Cl)c(Cl)c2)C1CCN1CCC(O)(c2ccccc2)CC1. The topological polar surface area (TPSA) is 43.8 Å². The van der Waals surface area contributed by atoms with Crippen LogP contribution >= 0.6 is 23.2 Å². The van der Waals surface area contributed by atoms with E-state index in [4.69, 9.17) is 23.2 Å². The summed E-state index contributed by atoms with van der Waals surface area (Å²) in [5.74, 6) is 0.445. The molecule has 4 rings (SSSR count). The number of hydrogen-bond acceptors (Lipinski definition) is 3.